The van der Waals surface area contributed by atoms with Gasteiger partial charge in [0.1, 0.15) is 34.9 Å². The summed E-state index contributed by atoms with van der Waals surface area (Å²) in [5.41, 5.74) is 6.64. The average molecular weight is 595 g/mol. The molecule has 13 nitrogen and oxygen atoms in total. The predicted molar refractivity (Wildman–Crippen MR) is 140 cm³/mol. The zero-order valence-electron chi connectivity index (χ0n) is 22.2. The van der Waals surface area contributed by atoms with E-state index in [1.165, 1.54) is 30.5 Å². The molecule has 40 heavy (non-hydrogen) atoms. The first-order chi connectivity index (χ1) is 18.6. The normalized spacial score (nSPS) is 31.3. The number of amides is 3. The second-order valence-corrected chi connectivity index (χ2v) is 15.6. The summed E-state index contributed by atoms with van der Waals surface area (Å²) in [5, 5.41) is 1.07. The standard InChI is InChI=1S/C25H30N4O9S2/c1-24(2)17(29-20(32)16(21(29)39-24)27-19(31)15(26)12-8-6-5-7-9-12)22(33)37-11-38-23(34)18-25(3,4)40(35,36)14-10-13(30)28(14)18/h5-9,14-18,21H,10-11,26H2,1-4H3,(H,27,31)/t14-,15+,16-,17-,18-,21-/m0/s1. The average Bonchev–Trinajstić information content (AvgIpc) is 3.22. The van der Waals surface area contributed by atoms with Gasteiger partial charge in [-0.1, -0.05) is 30.3 Å². The number of β-lactam (4-membered cyclic amide) rings is 2. The zero-order chi connectivity index (χ0) is 29.4. The lowest BCUT2D eigenvalue weighted by molar-refractivity contribution is -0.181. The van der Waals surface area contributed by atoms with Gasteiger partial charge in [-0.3, -0.25) is 14.4 Å². The molecule has 1 aromatic carbocycles. The molecule has 0 saturated carbocycles. The van der Waals surface area contributed by atoms with E-state index in [4.69, 9.17) is 15.2 Å². The fraction of sp³-hybridized carbons (Fsp3) is 0.560. The molecule has 4 saturated heterocycles. The molecule has 4 aliphatic rings. The van der Waals surface area contributed by atoms with Crippen LogP contribution < -0.4 is 11.1 Å². The van der Waals surface area contributed by atoms with Crippen LogP contribution in [0.2, 0.25) is 0 Å². The summed E-state index contributed by atoms with van der Waals surface area (Å²) in [6, 6.07) is 4.45. The van der Waals surface area contributed by atoms with Crippen LogP contribution in [0.25, 0.3) is 0 Å². The smallest absolute Gasteiger partial charge is 0.333 e. The maximum absolute atomic E-state index is 13.0. The van der Waals surface area contributed by atoms with Crippen molar-refractivity contribution in [2.45, 2.75) is 78.5 Å². The topological polar surface area (TPSA) is 182 Å². The highest BCUT2D eigenvalue weighted by Crippen LogP contribution is 2.51. The van der Waals surface area contributed by atoms with Crippen molar-refractivity contribution >= 4 is 51.3 Å². The number of carbonyl (C=O) groups is 5. The monoisotopic (exact) mass is 594 g/mol. The predicted octanol–water partition coefficient (Wildman–Crippen LogP) is -0.589. The molecule has 15 heteroatoms. The molecule has 0 radical (unpaired) electrons. The maximum atomic E-state index is 13.0. The number of nitrogens with one attached hydrogen (secondary N) is 1. The van der Waals surface area contributed by atoms with Gasteiger partial charge in [-0.2, -0.15) is 0 Å². The number of sulfone groups is 1. The molecule has 3 N–H and O–H groups in total. The van der Waals surface area contributed by atoms with E-state index in [0.29, 0.717) is 5.56 Å². The van der Waals surface area contributed by atoms with E-state index in [1.807, 2.05) is 0 Å². The van der Waals surface area contributed by atoms with Gasteiger partial charge in [0.25, 0.3) is 0 Å². The molecule has 0 bridgehead atoms. The third kappa shape index (κ3) is 4.08. The first kappa shape index (κ1) is 28.4. The number of ether oxygens (including phenoxy) is 2. The lowest BCUT2D eigenvalue weighted by atomic mass is 9.95. The van der Waals surface area contributed by atoms with Crippen LogP contribution in [0.3, 0.4) is 0 Å². The van der Waals surface area contributed by atoms with Crippen LogP contribution in [0, 0.1) is 0 Å². The van der Waals surface area contributed by atoms with Gasteiger partial charge in [0.15, 0.2) is 9.84 Å². The van der Waals surface area contributed by atoms with Crippen molar-refractivity contribution < 1.29 is 41.9 Å². The SMILES string of the molecule is CC1(C)S[C@H]2[C@@H](NC(=O)[C@H](N)c3ccccc3)C(=O)N2[C@H]1C(=O)OCOC(=O)[C@@H]1N2C(=O)C[C@@H]2S(=O)(=O)C1(C)C. The van der Waals surface area contributed by atoms with Crippen LogP contribution in [-0.2, 0) is 43.3 Å². The van der Waals surface area contributed by atoms with E-state index in [2.05, 4.69) is 5.32 Å². The molecule has 1 aromatic rings. The van der Waals surface area contributed by atoms with Gasteiger partial charge in [-0.25, -0.2) is 18.0 Å². The van der Waals surface area contributed by atoms with Crippen molar-refractivity contribution in [3.8, 4) is 0 Å². The first-order valence-corrected chi connectivity index (χ1v) is 15.0. The molecule has 6 atom stereocenters. The van der Waals surface area contributed by atoms with Crippen molar-refractivity contribution in [1.82, 2.24) is 15.1 Å². The largest absolute Gasteiger partial charge is 0.426 e. The molecule has 0 aromatic heterocycles. The van der Waals surface area contributed by atoms with Crippen LogP contribution in [-0.4, -0.2) is 93.0 Å². The fourth-order valence-corrected chi connectivity index (χ4v) is 9.44. The Morgan fingerprint density at radius 3 is 2.25 bits per heavy atom. The number of hydrogen-bond donors (Lipinski definition) is 2. The molecular weight excluding hydrogens is 564 g/mol. The van der Waals surface area contributed by atoms with Crippen molar-refractivity contribution in [1.29, 1.82) is 0 Å². The molecule has 3 amide bonds. The highest BCUT2D eigenvalue weighted by Gasteiger charge is 2.68. The minimum absolute atomic E-state index is 0.191. The van der Waals surface area contributed by atoms with Crippen LogP contribution in [0.15, 0.2) is 30.3 Å². The number of nitrogens with two attached hydrogens (primary N) is 1. The molecule has 4 heterocycles. The fourth-order valence-electron chi connectivity index (χ4n) is 5.69. The van der Waals surface area contributed by atoms with Crippen molar-refractivity contribution in [3.63, 3.8) is 0 Å². The highest BCUT2D eigenvalue weighted by atomic mass is 32.2. The lowest BCUT2D eigenvalue weighted by Gasteiger charge is -2.44. The van der Waals surface area contributed by atoms with Gasteiger partial charge in [0.2, 0.25) is 24.5 Å². The minimum atomic E-state index is -3.80. The molecule has 0 unspecified atom stereocenters. The number of rotatable bonds is 7. The molecule has 0 aliphatic carbocycles. The van der Waals surface area contributed by atoms with E-state index in [0.717, 1.165) is 4.90 Å². The number of fused-ring (bicyclic) bond motifs is 2. The third-order valence-electron chi connectivity index (χ3n) is 8.00. The number of thioether (sulfide) groups is 1. The van der Waals surface area contributed by atoms with Crippen molar-refractivity contribution in [3.05, 3.63) is 35.9 Å². The van der Waals surface area contributed by atoms with Crippen LogP contribution in [0.4, 0.5) is 0 Å². The Morgan fingerprint density at radius 2 is 1.65 bits per heavy atom. The van der Waals surface area contributed by atoms with E-state index < -0.39 is 90.7 Å². The van der Waals surface area contributed by atoms with Crippen molar-refractivity contribution in [2.75, 3.05) is 6.79 Å². The Kier molecular flexibility index (Phi) is 6.70. The van der Waals surface area contributed by atoms with E-state index in [1.54, 1.807) is 44.2 Å². The Bertz CT molecular complexity index is 1400. The summed E-state index contributed by atoms with van der Waals surface area (Å²) in [4.78, 5) is 65.9. The van der Waals surface area contributed by atoms with Gasteiger partial charge >= 0.3 is 11.9 Å². The zero-order valence-corrected chi connectivity index (χ0v) is 23.9. The summed E-state index contributed by atoms with van der Waals surface area (Å²) in [6.07, 6.45) is -0.191. The summed E-state index contributed by atoms with van der Waals surface area (Å²) < 4.78 is 33.3. The second-order valence-electron chi connectivity index (χ2n) is 11.2. The number of carbonyl (C=O) groups excluding carboxylic acids is 5. The minimum Gasteiger partial charge on any atom is -0.426 e. The van der Waals surface area contributed by atoms with E-state index in [9.17, 15) is 32.4 Å². The first-order valence-electron chi connectivity index (χ1n) is 12.6. The number of hydrogen-bond acceptors (Lipinski definition) is 11. The van der Waals surface area contributed by atoms with Gasteiger partial charge < -0.3 is 30.3 Å². The third-order valence-corrected chi connectivity index (χ3v) is 12.4. The highest BCUT2D eigenvalue weighted by molar-refractivity contribution is 8.01. The second kappa shape index (κ2) is 9.45. The quantitative estimate of drug-likeness (QED) is 0.234. The summed E-state index contributed by atoms with van der Waals surface area (Å²) >= 11 is 1.31. The summed E-state index contributed by atoms with van der Waals surface area (Å²) in [7, 11) is -3.80. The molecule has 5 rings (SSSR count). The summed E-state index contributed by atoms with van der Waals surface area (Å²) in [5.74, 6) is -3.32. The van der Waals surface area contributed by atoms with Gasteiger partial charge in [0.05, 0.1) is 11.2 Å². The number of benzene rings is 1. The summed E-state index contributed by atoms with van der Waals surface area (Å²) in [6.45, 7) is 5.37. The Hall–Kier alpha value is -3.17. The number of nitrogens with zero attached hydrogens (tertiary/aromatic N) is 2. The molecule has 4 aliphatic heterocycles. The van der Waals surface area contributed by atoms with Crippen molar-refractivity contribution in [2.24, 2.45) is 5.73 Å². The van der Waals surface area contributed by atoms with Crippen LogP contribution >= 0.6 is 11.8 Å². The Morgan fingerprint density at radius 1 is 1.05 bits per heavy atom. The van der Waals surface area contributed by atoms with Gasteiger partial charge in [0, 0.05) is 4.75 Å². The van der Waals surface area contributed by atoms with Gasteiger partial charge in [-0.05, 0) is 33.3 Å². The Balaban J connectivity index is 1.19. The van der Waals surface area contributed by atoms with E-state index in [-0.39, 0.29) is 6.42 Å². The molecule has 0 spiro atoms. The molecule has 4 fully saturated rings. The lowest BCUT2D eigenvalue weighted by Crippen LogP contribution is -2.71. The van der Waals surface area contributed by atoms with E-state index >= 15 is 0 Å². The Labute approximate surface area is 235 Å². The van der Waals surface area contributed by atoms with Crippen LogP contribution in [0.1, 0.15) is 45.7 Å². The van der Waals surface area contributed by atoms with Gasteiger partial charge in [-0.15, -0.1) is 11.8 Å². The molecule has 216 valence electrons. The van der Waals surface area contributed by atoms with Crippen LogP contribution in [0.5, 0.6) is 0 Å². The molecular formula is C25H30N4O9S2. The maximum Gasteiger partial charge on any atom is 0.333 e. The number of esters is 2.